The monoisotopic (exact) mass is 357 g/mol. The summed E-state index contributed by atoms with van der Waals surface area (Å²) >= 11 is 0. The number of likely N-dealkylation sites (N-methyl/N-ethyl adjacent to an activating group) is 1. The summed E-state index contributed by atoms with van der Waals surface area (Å²) in [6, 6.07) is 6.81. The Morgan fingerprint density at radius 1 is 1.27 bits per heavy atom. The minimum absolute atomic E-state index is 0.0867. The molecular formula is C22H31NO3. The Bertz CT molecular complexity index is 731. The van der Waals surface area contributed by atoms with Gasteiger partial charge in [0.15, 0.2) is 0 Å². The third kappa shape index (κ3) is 3.27. The van der Waals surface area contributed by atoms with Crippen LogP contribution in [-0.4, -0.2) is 37.6 Å². The second-order valence-corrected chi connectivity index (χ2v) is 8.79. The van der Waals surface area contributed by atoms with Crippen molar-refractivity contribution >= 4 is 5.97 Å². The second kappa shape index (κ2) is 6.73. The predicted octanol–water partition coefficient (Wildman–Crippen LogP) is 4.21. The third-order valence-corrected chi connectivity index (χ3v) is 5.92. The predicted molar refractivity (Wildman–Crippen MR) is 103 cm³/mol. The quantitative estimate of drug-likeness (QED) is 0.760. The van der Waals surface area contributed by atoms with E-state index in [0.717, 1.165) is 37.3 Å². The zero-order chi connectivity index (χ0) is 19.1. The van der Waals surface area contributed by atoms with Crippen molar-refractivity contribution in [1.82, 2.24) is 4.90 Å². The number of likely N-dealkylation sites (tertiary alicyclic amines) is 1. The van der Waals surface area contributed by atoms with E-state index in [1.54, 1.807) is 7.11 Å². The molecule has 0 aromatic heterocycles. The number of aryl methyl sites for hydroxylation is 1. The SMILES string of the molecule is COc1ccc(C23CCC(OC(=O)C(C)(C)C)=CC2N(C)CC3)cc1C. The smallest absolute Gasteiger partial charge is 0.316 e. The molecule has 1 saturated heterocycles. The van der Waals surface area contributed by atoms with E-state index >= 15 is 0 Å². The second-order valence-electron chi connectivity index (χ2n) is 8.79. The van der Waals surface area contributed by atoms with Gasteiger partial charge in [-0.1, -0.05) is 12.1 Å². The van der Waals surface area contributed by atoms with Gasteiger partial charge < -0.3 is 9.47 Å². The molecule has 1 fully saturated rings. The van der Waals surface area contributed by atoms with Crippen LogP contribution in [0.3, 0.4) is 0 Å². The first-order chi connectivity index (χ1) is 12.2. The van der Waals surface area contributed by atoms with Gasteiger partial charge in [0.25, 0.3) is 0 Å². The number of carbonyl (C=O) groups is 1. The average molecular weight is 357 g/mol. The number of methoxy groups -OCH3 is 1. The maximum absolute atomic E-state index is 12.3. The number of benzene rings is 1. The van der Waals surface area contributed by atoms with E-state index in [9.17, 15) is 4.79 Å². The normalized spacial score (nSPS) is 26.2. The van der Waals surface area contributed by atoms with Crippen LogP contribution in [0.4, 0.5) is 0 Å². The third-order valence-electron chi connectivity index (χ3n) is 5.92. The molecule has 1 aromatic carbocycles. The summed E-state index contributed by atoms with van der Waals surface area (Å²) in [5.74, 6) is 1.60. The first-order valence-corrected chi connectivity index (χ1v) is 9.46. The van der Waals surface area contributed by atoms with Crippen molar-refractivity contribution in [3.05, 3.63) is 41.2 Å². The molecule has 0 N–H and O–H groups in total. The standard InChI is InChI=1S/C22H31NO3/c1-15-13-16(7-8-18(15)25-6)22-10-9-17(26-20(24)21(2,3)4)14-19(22)23(5)12-11-22/h7-8,13-14,19H,9-12H2,1-6H3. The largest absolute Gasteiger partial charge is 0.496 e. The lowest BCUT2D eigenvalue weighted by Gasteiger charge is -2.40. The number of hydrogen-bond acceptors (Lipinski definition) is 4. The lowest BCUT2D eigenvalue weighted by atomic mass is 9.68. The molecule has 4 nitrogen and oxygen atoms in total. The fraction of sp³-hybridized carbons (Fsp3) is 0.591. The summed E-state index contributed by atoms with van der Waals surface area (Å²) in [5, 5.41) is 0. The lowest BCUT2D eigenvalue weighted by Crippen LogP contribution is -2.42. The summed E-state index contributed by atoms with van der Waals surface area (Å²) in [6.07, 6.45) is 5.10. The van der Waals surface area contributed by atoms with Gasteiger partial charge in [-0.2, -0.15) is 0 Å². The highest BCUT2D eigenvalue weighted by molar-refractivity contribution is 5.76. The van der Waals surface area contributed by atoms with Gasteiger partial charge in [-0.25, -0.2) is 0 Å². The summed E-state index contributed by atoms with van der Waals surface area (Å²) in [6.45, 7) is 8.83. The molecule has 142 valence electrons. The van der Waals surface area contributed by atoms with Gasteiger partial charge in [-0.15, -0.1) is 0 Å². The molecule has 0 spiro atoms. The maximum Gasteiger partial charge on any atom is 0.316 e. The molecule has 0 radical (unpaired) electrons. The highest BCUT2D eigenvalue weighted by Crippen LogP contribution is 2.48. The number of esters is 1. The molecule has 2 unspecified atom stereocenters. The molecule has 2 aliphatic rings. The molecule has 0 bridgehead atoms. The molecule has 4 heteroatoms. The van der Waals surface area contributed by atoms with Gasteiger partial charge in [0.1, 0.15) is 11.5 Å². The van der Waals surface area contributed by atoms with Gasteiger partial charge >= 0.3 is 5.97 Å². The number of ether oxygens (including phenoxy) is 2. The van der Waals surface area contributed by atoms with E-state index < -0.39 is 5.41 Å². The minimum Gasteiger partial charge on any atom is -0.496 e. The van der Waals surface area contributed by atoms with Crippen molar-refractivity contribution in [3.8, 4) is 5.75 Å². The Morgan fingerprint density at radius 2 is 2.00 bits per heavy atom. The summed E-state index contributed by atoms with van der Waals surface area (Å²) in [5.41, 5.74) is 2.14. The molecule has 26 heavy (non-hydrogen) atoms. The fourth-order valence-electron chi connectivity index (χ4n) is 4.25. The van der Waals surface area contributed by atoms with Gasteiger partial charge in [0.2, 0.25) is 0 Å². The molecule has 0 saturated carbocycles. The van der Waals surface area contributed by atoms with E-state index in [1.807, 2.05) is 20.8 Å². The lowest BCUT2D eigenvalue weighted by molar-refractivity contribution is -0.149. The zero-order valence-corrected chi connectivity index (χ0v) is 16.9. The molecular weight excluding hydrogens is 326 g/mol. The Kier molecular flexibility index (Phi) is 4.91. The summed E-state index contributed by atoms with van der Waals surface area (Å²) < 4.78 is 11.2. The Morgan fingerprint density at radius 3 is 2.62 bits per heavy atom. The van der Waals surface area contributed by atoms with Crippen molar-refractivity contribution in [3.63, 3.8) is 0 Å². The van der Waals surface area contributed by atoms with Crippen molar-refractivity contribution in [1.29, 1.82) is 0 Å². The first-order valence-electron chi connectivity index (χ1n) is 9.46. The number of hydrogen-bond donors (Lipinski definition) is 0. The van der Waals surface area contributed by atoms with Crippen LogP contribution in [0.15, 0.2) is 30.0 Å². The molecule has 3 rings (SSSR count). The molecule has 0 amide bonds. The van der Waals surface area contributed by atoms with Gasteiger partial charge in [-0.05, 0) is 77.4 Å². The number of nitrogens with zero attached hydrogens (tertiary/aromatic N) is 1. The van der Waals surface area contributed by atoms with Crippen molar-refractivity contribution in [2.45, 2.75) is 58.4 Å². The van der Waals surface area contributed by atoms with Crippen LogP contribution >= 0.6 is 0 Å². The van der Waals surface area contributed by atoms with Gasteiger partial charge in [0, 0.05) is 17.9 Å². The van der Waals surface area contributed by atoms with Crippen molar-refractivity contribution in [2.24, 2.45) is 5.41 Å². The Balaban J connectivity index is 1.92. The van der Waals surface area contributed by atoms with Crippen LogP contribution in [0, 0.1) is 12.3 Å². The number of carbonyl (C=O) groups excluding carboxylic acids is 1. The van der Waals surface area contributed by atoms with E-state index in [-0.39, 0.29) is 17.4 Å². The Labute approximate surface area is 157 Å². The van der Waals surface area contributed by atoms with Gasteiger partial charge in [-0.3, -0.25) is 9.69 Å². The molecule has 1 aliphatic carbocycles. The first kappa shape index (κ1) is 19.0. The maximum atomic E-state index is 12.3. The van der Waals surface area contributed by atoms with Crippen molar-refractivity contribution in [2.75, 3.05) is 20.7 Å². The van der Waals surface area contributed by atoms with Crippen LogP contribution < -0.4 is 4.74 Å². The van der Waals surface area contributed by atoms with Crippen LogP contribution in [0.2, 0.25) is 0 Å². The van der Waals surface area contributed by atoms with Crippen LogP contribution in [0.5, 0.6) is 5.75 Å². The molecule has 1 heterocycles. The Hall–Kier alpha value is -1.81. The molecule has 1 aromatic rings. The van der Waals surface area contributed by atoms with Crippen LogP contribution in [0.1, 0.15) is 51.2 Å². The van der Waals surface area contributed by atoms with Gasteiger partial charge in [0.05, 0.1) is 12.5 Å². The molecule has 1 aliphatic heterocycles. The number of allylic oxidation sites excluding steroid dienone is 1. The number of fused-ring (bicyclic) bond motifs is 1. The summed E-state index contributed by atoms with van der Waals surface area (Å²) in [4.78, 5) is 14.7. The topological polar surface area (TPSA) is 38.8 Å². The minimum atomic E-state index is -0.482. The van der Waals surface area contributed by atoms with Crippen LogP contribution in [0.25, 0.3) is 0 Å². The van der Waals surface area contributed by atoms with E-state index in [2.05, 4.69) is 43.1 Å². The van der Waals surface area contributed by atoms with Crippen LogP contribution in [-0.2, 0) is 14.9 Å². The van der Waals surface area contributed by atoms with Crippen molar-refractivity contribution < 1.29 is 14.3 Å². The fourth-order valence-corrected chi connectivity index (χ4v) is 4.25. The average Bonchev–Trinajstić information content (AvgIpc) is 2.92. The zero-order valence-electron chi connectivity index (χ0n) is 16.9. The molecule has 2 atom stereocenters. The van der Waals surface area contributed by atoms with E-state index in [4.69, 9.17) is 9.47 Å². The summed E-state index contributed by atoms with van der Waals surface area (Å²) in [7, 11) is 3.87. The van der Waals surface area contributed by atoms with E-state index in [1.165, 1.54) is 11.1 Å². The highest BCUT2D eigenvalue weighted by atomic mass is 16.5. The van der Waals surface area contributed by atoms with E-state index in [0.29, 0.717) is 0 Å². The highest BCUT2D eigenvalue weighted by Gasteiger charge is 2.48. The number of rotatable bonds is 3.